The summed E-state index contributed by atoms with van der Waals surface area (Å²) in [6.45, 7) is 6.32. The Kier molecular flexibility index (Phi) is 5.20. The number of aromatic nitrogens is 1. The molecule has 26 heavy (non-hydrogen) atoms. The van der Waals surface area contributed by atoms with Gasteiger partial charge in [0.2, 0.25) is 5.91 Å². The summed E-state index contributed by atoms with van der Waals surface area (Å²) in [5.41, 5.74) is 3.37. The Morgan fingerprint density at radius 3 is 2.96 bits per heavy atom. The van der Waals surface area contributed by atoms with Gasteiger partial charge in [-0.15, -0.1) is 0 Å². The zero-order valence-electron chi connectivity index (χ0n) is 15.5. The molecule has 0 saturated carbocycles. The summed E-state index contributed by atoms with van der Waals surface area (Å²) in [5, 5.41) is 3.59. The first-order chi connectivity index (χ1) is 12.7. The molecule has 2 fully saturated rings. The Balaban J connectivity index is 1.42. The van der Waals surface area contributed by atoms with Crippen molar-refractivity contribution in [3.05, 3.63) is 23.4 Å². The number of pyridine rings is 1. The van der Waals surface area contributed by atoms with E-state index in [-0.39, 0.29) is 5.91 Å². The summed E-state index contributed by atoms with van der Waals surface area (Å²) >= 11 is 0. The van der Waals surface area contributed by atoms with Crippen LogP contribution < -0.4 is 5.32 Å². The van der Waals surface area contributed by atoms with E-state index < -0.39 is 0 Å². The van der Waals surface area contributed by atoms with Gasteiger partial charge in [0.15, 0.2) is 0 Å². The van der Waals surface area contributed by atoms with Crippen molar-refractivity contribution in [2.45, 2.75) is 51.6 Å². The van der Waals surface area contributed by atoms with Gasteiger partial charge >= 0.3 is 0 Å². The molecule has 4 rings (SSSR count). The number of ether oxygens (including phenoxy) is 1. The molecule has 6 nitrogen and oxygen atoms in total. The molecular weight excluding hydrogens is 328 g/mol. The number of nitrogens with zero attached hydrogens (tertiary/aromatic N) is 3. The second-order valence-corrected chi connectivity index (χ2v) is 7.72. The van der Waals surface area contributed by atoms with Gasteiger partial charge in [-0.1, -0.05) is 6.92 Å². The van der Waals surface area contributed by atoms with E-state index in [4.69, 9.17) is 9.73 Å². The second-order valence-electron chi connectivity index (χ2n) is 7.72. The molecule has 6 heteroatoms. The van der Waals surface area contributed by atoms with Gasteiger partial charge in [0.05, 0.1) is 6.54 Å². The van der Waals surface area contributed by atoms with Crippen LogP contribution >= 0.6 is 0 Å². The minimum Gasteiger partial charge on any atom is -0.381 e. The Morgan fingerprint density at radius 1 is 1.35 bits per heavy atom. The van der Waals surface area contributed by atoms with Crippen molar-refractivity contribution in [1.29, 1.82) is 0 Å². The van der Waals surface area contributed by atoms with Crippen LogP contribution in [-0.2, 0) is 16.1 Å². The fraction of sp³-hybridized carbons (Fsp3) is 0.650. The summed E-state index contributed by atoms with van der Waals surface area (Å²) < 4.78 is 5.45. The Labute approximate surface area is 155 Å². The number of carbonyl (C=O) groups excluding carboxylic acids is 1. The molecule has 3 aliphatic heterocycles. The zero-order chi connectivity index (χ0) is 17.9. The maximum absolute atomic E-state index is 12.5. The summed E-state index contributed by atoms with van der Waals surface area (Å²) in [4.78, 5) is 23.8. The predicted molar refractivity (Wildman–Crippen MR) is 102 cm³/mol. The summed E-state index contributed by atoms with van der Waals surface area (Å²) in [6.07, 6.45) is 6.22. The molecule has 0 spiro atoms. The van der Waals surface area contributed by atoms with Crippen LogP contribution in [-0.4, -0.2) is 53.8 Å². The van der Waals surface area contributed by atoms with Crippen LogP contribution in [0.25, 0.3) is 0 Å². The van der Waals surface area contributed by atoms with Crippen molar-refractivity contribution >= 4 is 17.4 Å². The number of hydrogen-bond donors (Lipinski definition) is 1. The largest absolute Gasteiger partial charge is 0.381 e. The Morgan fingerprint density at radius 2 is 2.19 bits per heavy atom. The van der Waals surface area contributed by atoms with Crippen molar-refractivity contribution in [3.63, 3.8) is 0 Å². The zero-order valence-corrected chi connectivity index (χ0v) is 15.5. The van der Waals surface area contributed by atoms with Gasteiger partial charge in [0.25, 0.3) is 0 Å². The molecule has 1 aromatic rings. The number of hydrogen-bond acceptors (Lipinski definition) is 5. The van der Waals surface area contributed by atoms with Crippen LogP contribution in [0.2, 0.25) is 0 Å². The minimum absolute atomic E-state index is 0.258. The van der Waals surface area contributed by atoms with Crippen molar-refractivity contribution in [3.8, 4) is 0 Å². The van der Waals surface area contributed by atoms with E-state index in [9.17, 15) is 4.79 Å². The summed E-state index contributed by atoms with van der Waals surface area (Å²) in [7, 11) is 0. The molecule has 0 bridgehead atoms. The first-order valence-electron chi connectivity index (χ1n) is 9.84. The fourth-order valence-electron chi connectivity index (χ4n) is 4.11. The van der Waals surface area contributed by atoms with E-state index in [1.54, 1.807) is 0 Å². The molecule has 0 unspecified atom stereocenters. The number of aliphatic imine (C=N–C) groups is 1. The topological polar surface area (TPSA) is 66.8 Å². The second kappa shape index (κ2) is 7.74. The molecule has 4 heterocycles. The highest BCUT2D eigenvalue weighted by atomic mass is 16.5. The minimum atomic E-state index is 0.258. The predicted octanol–water partition coefficient (Wildman–Crippen LogP) is 2.62. The van der Waals surface area contributed by atoms with E-state index in [2.05, 4.69) is 17.2 Å². The van der Waals surface area contributed by atoms with Crippen LogP contribution in [0.3, 0.4) is 0 Å². The highest BCUT2D eigenvalue weighted by Crippen LogP contribution is 2.28. The average Bonchev–Trinajstić information content (AvgIpc) is 3.27. The Hall–Kier alpha value is -1.95. The van der Waals surface area contributed by atoms with Gasteiger partial charge in [-0.2, -0.15) is 0 Å². The third-order valence-electron chi connectivity index (χ3n) is 5.68. The molecule has 0 aromatic carbocycles. The summed E-state index contributed by atoms with van der Waals surface area (Å²) in [6, 6.07) is 2.45. The highest BCUT2D eigenvalue weighted by molar-refractivity contribution is 6.08. The molecule has 1 atom stereocenters. The highest BCUT2D eigenvalue weighted by Gasteiger charge is 2.26. The molecule has 0 radical (unpaired) electrons. The standard InChI is InChI=1S/C20H28N4O2/c1-14-5-9-24(13-14)18(25)3-2-17-19-15(12-22-17)4-8-21-20(19)23-16-6-10-26-11-7-16/h4,8,14,16H,2-3,5-7,9-13H2,1H3,(H,21,23)/t14-/m0/s1. The van der Waals surface area contributed by atoms with Gasteiger partial charge in [0.1, 0.15) is 5.82 Å². The van der Waals surface area contributed by atoms with Crippen LogP contribution in [0.4, 0.5) is 5.82 Å². The molecule has 2 saturated heterocycles. The van der Waals surface area contributed by atoms with Gasteiger partial charge in [-0.25, -0.2) is 4.98 Å². The lowest BCUT2D eigenvalue weighted by Gasteiger charge is -2.25. The lowest BCUT2D eigenvalue weighted by Crippen LogP contribution is -2.29. The molecular formula is C20H28N4O2. The van der Waals surface area contributed by atoms with E-state index in [1.165, 1.54) is 5.56 Å². The van der Waals surface area contributed by atoms with Gasteiger partial charge in [-0.05, 0) is 43.2 Å². The number of carbonyl (C=O) groups is 1. The number of fused-ring (bicyclic) bond motifs is 1. The number of rotatable bonds is 5. The first kappa shape index (κ1) is 17.5. The number of likely N-dealkylation sites (tertiary alicyclic amines) is 1. The lowest BCUT2D eigenvalue weighted by atomic mass is 10.0. The smallest absolute Gasteiger partial charge is 0.222 e. The van der Waals surface area contributed by atoms with E-state index >= 15 is 0 Å². The van der Waals surface area contributed by atoms with E-state index in [0.717, 1.165) is 62.7 Å². The maximum atomic E-state index is 12.5. The number of amides is 1. The van der Waals surface area contributed by atoms with Crippen LogP contribution in [0, 0.1) is 5.92 Å². The van der Waals surface area contributed by atoms with Crippen molar-refractivity contribution in [1.82, 2.24) is 9.88 Å². The number of anilines is 1. The molecule has 0 aliphatic carbocycles. The SMILES string of the molecule is C[C@H]1CCN(C(=O)CCC2=NCc3ccnc(NC4CCOCC4)c32)C1. The van der Waals surface area contributed by atoms with E-state index in [1.807, 2.05) is 17.2 Å². The quantitative estimate of drug-likeness (QED) is 0.881. The van der Waals surface area contributed by atoms with E-state index in [0.29, 0.717) is 31.3 Å². The molecule has 140 valence electrons. The van der Waals surface area contributed by atoms with Crippen molar-refractivity contribution in [2.24, 2.45) is 10.9 Å². The maximum Gasteiger partial charge on any atom is 0.222 e. The van der Waals surface area contributed by atoms with Gasteiger partial charge in [0, 0.05) is 56.2 Å². The fourth-order valence-corrected chi connectivity index (χ4v) is 4.11. The molecule has 1 amide bonds. The van der Waals surface area contributed by atoms with Crippen LogP contribution in [0.5, 0.6) is 0 Å². The summed E-state index contributed by atoms with van der Waals surface area (Å²) in [5.74, 6) is 1.81. The third-order valence-corrected chi connectivity index (χ3v) is 5.68. The molecule has 3 aliphatic rings. The lowest BCUT2D eigenvalue weighted by molar-refractivity contribution is -0.130. The van der Waals surface area contributed by atoms with Crippen LogP contribution in [0.1, 0.15) is 50.2 Å². The first-order valence-corrected chi connectivity index (χ1v) is 9.84. The third kappa shape index (κ3) is 3.75. The van der Waals surface area contributed by atoms with Gasteiger partial charge < -0.3 is 15.0 Å². The normalized spacial score (nSPS) is 23.0. The van der Waals surface area contributed by atoms with Crippen LogP contribution in [0.15, 0.2) is 17.3 Å². The monoisotopic (exact) mass is 356 g/mol. The number of nitrogens with one attached hydrogen (secondary N) is 1. The van der Waals surface area contributed by atoms with Gasteiger partial charge in [-0.3, -0.25) is 9.79 Å². The van der Waals surface area contributed by atoms with Crippen molar-refractivity contribution in [2.75, 3.05) is 31.6 Å². The molecule has 1 aromatic heterocycles. The Bertz CT molecular complexity index is 697. The molecule has 1 N–H and O–H groups in total. The average molecular weight is 356 g/mol. The van der Waals surface area contributed by atoms with Crippen molar-refractivity contribution < 1.29 is 9.53 Å².